The van der Waals surface area contributed by atoms with Crippen molar-refractivity contribution >= 4 is 37.7 Å². The van der Waals surface area contributed by atoms with Gasteiger partial charge >= 0.3 is 0 Å². The van der Waals surface area contributed by atoms with Crippen LogP contribution >= 0.6 is 15.9 Å². The number of hydrogen-bond donors (Lipinski definition) is 0. The van der Waals surface area contributed by atoms with Crippen LogP contribution < -0.4 is 0 Å². The van der Waals surface area contributed by atoms with Crippen molar-refractivity contribution in [1.82, 2.24) is 19.5 Å². The predicted molar refractivity (Wildman–Crippen MR) is 184 cm³/mol. The number of rotatable bonds is 5. The fraction of sp³-hybridized carbons (Fsp3) is 0. The Morgan fingerprint density at radius 2 is 0.841 bits per heavy atom. The first-order valence-electron chi connectivity index (χ1n) is 14.5. The molecule has 44 heavy (non-hydrogen) atoms. The lowest BCUT2D eigenvalue weighted by Crippen LogP contribution is -2.06. The van der Waals surface area contributed by atoms with Gasteiger partial charge in [-0.05, 0) is 40.5 Å². The van der Waals surface area contributed by atoms with Crippen molar-refractivity contribution < 1.29 is 0 Å². The van der Waals surface area contributed by atoms with E-state index in [0.29, 0.717) is 17.6 Å². The molecule has 0 N–H and O–H groups in total. The van der Waals surface area contributed by atoms with E-state index in [0.717, 1.165) is 48.5 Å². The van der Waals surface area contributed by atoms with Gasteiger partial charge < -0.3 is 0 Å². The molecule has 4 nitrogen and oxygen atoms in total. The number of halogens is 1. The molecule has 0 amide bonds. The van der Waals surface area contributed by atoms with Crippen molar-refractivity contribution in [3.8, 4) is 51.0 Å². The Kier molecular flexibility index (Phi) is 6.58. The molecule has 0 fully saturated rings. The molecule has 208 valence electrons. The summed E-state index contributed by atoms with van der Waals surface area (Å²) in [6.45, 7) is 0. The SMILES string of the molecule is Brc1cccc2c1c1ccccc1n2-c1nc(-c2ccc(-c3ccccc3)cc2)nc(-c2ccc(-c3ccccc3)cc2)n1. The van der Waals surface area contributed by atoms with E-state index in [2.05, 4.69) is 160 Å². The monoisotopic (exact) mass is 628 g/mol. The molecule has 0 spiro atoms. The van der Waals surface area contributed by atoms with E-state index in [1.807, 2.05) is 12.1 Å². The standard InChI is InChI=1S/C39H25BrN4/c40-33-15-9-17-35-36(33)32-14-7-8-16-34(32)44(35)39-42-37(30-22-18-28(19-23-30)26-10-3-1-4-11-26)41-38(43-39)31-24-20-29(21-25-31)27-12-5-2-6-13-27/h1-25H. The first-order chi connectivity index (χ1) is 21.7. The maximum Gasteiger partial charge on any atom is 0.238 e. The van der Waals surface area contributed by atoms with E-state index in [1.54, 1.807) is 0 Å². The van der Waals surface area contributed by atoms with Crippen molar-refractivity contribution in [3.05, 3.63) is 156 Å². The molecule has 2 heterocycles. The second-order valence-electron chi connectivity index (χ2n) is 10.7. The molecule has 0 unspecified atom stereocenters. The van der Waals surface area contributed by atoms with Crippen molar-refractivity contribution in [3.63, 3.8) is 0 Å². The molecule has 0 aliphatic rings. The fourth-order valence-corrected chi connectivity index (χ4v) is 6.37. The number of fused-ring (bicyclic) bond motifs is 3. The number of aromatic nitrogens is 4. The number of benzene rings is 6. The predicted octanol–water partition coefficient (Wildman–Crippen LogP) is 10.4. The van der Waals surface area contributed by atoms with Gasteiger partial charge in [-0.15, -0.1) is 0 Å². The minimum absolute atomic E-state index is 0.577. The molecule has 2 aromatic heterocycles. The van der Waals surface area contributed by atoms with Crippen molar-refractivity contribution in [2.75, 3.05) is 0 Å². The van der Waals surface area contributed by atoms with Gasteiger partial charge in [-0.1, -0.05) is 149 Å². The topological polar surface area (TPSA) is 43.6 Å². The molecule has 5 heteroatoms. The summed E-state index contributed by atoms with van der Waals surface area (Å²) < 4.78 is 3.17. The van der Waals surface area contributed by atoms with Crippen LogP contribution in [0.3, 0.4) is 0 Å². The summed E-state index contributed by atoms with van der Waals surface area (Å²) in [5.74, 6) is 1.82. The number of nitrogens with zero attached hydrogens (tertiary/aromatic N) is 4. The van der Waals surface area contributed by atoms with Crippen LogP contribution in [-0.2, 0) is 0 Å². The molecule has 0 saturated carbocycles. The maximum atomic E-state index is 5.09. The average molecular weight is 630 g/mol. The third-order valence-corrected chi connectivity index (χ3v) is 8.63. The highest BCUT2D eigenvalue weighted by Crippen LogP contribution is 2.36. The highest BCUT2D eigenvalue weighted by atomic mass is 79.9. The molecule has 0 aliphatic carbocycles. The summed E-state index contributed by atoms with van der Waals surface area (Å²) in [4.78, 5) is 15.2. The Bertz CT molecular complexity index is 2160. The van der Waals surface area contributed by atoms with Crippen LogP contribution in [0, 0.1) is 0 Å². The molecular weight excluding hydrogens is 604 g/mol. The van der Waals surface area contributed by atoms with E-state index >= 15 is 0 Å². The second kappa shape index (κ2) is 11.0. The van der Waals surface area contributed by atoms with Crippen LogP contribution in [0.4, 0.5) is 0 Å². The third kappa shape index (κ3) is 4.68. The first-order valence-corrected chi connectivity index (χ1v) is 15.3. The molecule has 0 bridgehead atoms. The molecule has 6 aromatic carbocycles. The first kappa shape index (κ1) is 26.3. The largest absolute Gasteiger partial charge is 0.278 e. The van der Waals surface area contributed by atoms with Gasteiger partial charge in [-0.25, -0.2) is 4.98 Å². The minimum Gasteiger partial charge on any atom is -0.278 e. The summed E-state index contributed by atoms with van der Waals surface area (Å²) in [7, 11) is 0. The fourth-order valence-electron chi connectivity index (χ4n) is 5.80. The van der Waals surface area contributed by atoms with Crippen LogP contribution in [0.25, 0.3) is 72.8 Å². The summed E-state index contributed by atoms with van der Waals surface area (Å²) in [5.41, 5.74) is 8.56. The Morgan fingerprint density at radius 1 is 0.386 bits per heavy atom. The highest BCUT2D eigenvalue weighted by Gasteiger charge is 2.19. The quantitative estimate of drug-likeness (QED) is 0.190. The normalized spacial score (nSPS) is 11.3. The third-order valence-electron chi connectivity index (χ3n) is 7.97. The molecule has 0 atom stereocenters. The van der Waals surface area contributed by atoms with Gasteiger partial charge in [0.25, 0.3) is 0 Å². The molecule has 8 aromatic rings. The number of para-hydroxylation sites is 1. The maximum absolute atomic E-state index is 5.09. The summed E-state index contributed by atoms with van der Waals surface area (Å²) in [6, 6.07) is 52.3. The zero-order valence-electron chi connectivity index (χ0n) is 23.6. The highest BCUT2D eigenvalue weighted by molar-refractivity contribution is 9.10. The zero-order valence-corrected chi connectivity index (χ0v) is 25.2. The van der Waals surface area contributed by atoms with E-state index < -0.39 is 0 Å². The van der Waals surface area contributed by atoms with E-state index in [4.69, 9.17) is 15.0 Å². The van der Waals surface area contributed by atoms with Crippen molar-refractivity contribution in [2.24, 2.45) is 0 Å². The van der Waals surface area contributed by atoms with Gasteiger partial charge in [0.15, 0.2) is 11.6 Å². The van der Waals surface area contributed by atoms with E-state index in [1.165, 1.54) is 11.1 Å². The Labute approximate surface area is 263 Å². The smallest absolute Gasteiger partial charge is 0.238 e. The van der Waals surface area contributed by atoms with Gasteiger partial charge in [-0.2, -0.15) is 9.97 Å². The molecule has 8 rings (SSSR count). The van der Waals surface area contributed by atoms with Gasteiger partial charge in [0, 0.05) is 26.4 Å². The van der Waals surface area contributed by atoms with E-state index in [-0.39, 0.29) is 0 Å². The molecular formula is C39H25BrN4. The zero-order chi connectivity index (χ0) is 29.5. The van der Waals surface area contributed by atoms with Gasteiger partial charge in [-0.3, -0.25) is 4.57 Å². The van der Waals surface area contributed by atoms with Gasteiger partial charge in [0.05, 0.1) is 11.0 Å². The van der Waals surface area contributed by atoms with Crippen LogP contribution in [0.15, 0.2) is 156 Å². The van der Waals surface area contributed by atoms with Crippen LogP contribution in [0.1, 0.15) is 0 Å². The summed E-state index contributed by atoms with van der Waals surface area (Å²) in [6.07, 6.45) is 0. The Hall–Kier alpha value is -5.39. The van der Waals surface area contributed by atoms with Crippen molar-refractivity contribution in [1.29, 1.82) is 0 Å². The van der Waals surface area contributed by atoms with Crippen LogP contribution in [-0.4, -0.2) is 19.5 Å². The van der Waals surface area contributed by atoms with Crippen molar-refractivity contribution in [2.45, 2.75) is 0 Å². The van der Waals surface area contributed by atoms with Crippen LogP contribution in [0.2, 0.25) is 0 Å². The lowest BCUT2D eigenvalue weighted by Gasteiger charge is -2.12. The van der Waals surface area contributed by atoms with Gasteiger partial charge in [0.1, 0.15) is 0 Å². The summed E-state index contributed by atoms with van der Waals surface area (Å²) >= 11 is 3.79. The Morgan fingerprint density at radius 3 is 1.41 bits per heavy atom. The number of hydrogen-bond acceptors (Lipinski definition) is 3. The second-order valence-corrected chi connectivity index (χ2v) is 11.5. The average Bonchev–Trinajstić information content (AvgIpc) is 3.44. The molecule has 0 saturated heterocycles. The lowest BCUT2D eigenvalue weighted by atomic mass is 10.0. The van der Waals surface area contributed by atoms with E-state index in [9.17, 15) is 0 Å². The summed E-state index contributed by atoms with van der Waals surface area (Å²) in [5, 5.41) is 2.27. The lowest BCUT2D eigenvalue weighted by molar-refractivity contribution is 0.953. The Balaban J connectivity index is 1.32. The van der Waals surface area contributed by atoms with Crippen LogP contribution in [0.5, 0.6) is 0 Å². The minimum atomic E-state index is 0.577. The molecule has 0 aliphatic heterocycles. The van der Waals surface area contributed by atoms with Gasteiger partial charge in [0.2, 0.25) is 5.95 Å². The molecule has 0 radical (unpaired) electrons.